The van der Waals surface area contributed by atoms with Crippen molar-refractivity contribution >= 4 is 40.2 Å². The van der Waals surface area contributed by atoms with Gasteiger partial charge in [0, 0.05) is 62.4 Å². The van der Waals surface area contributed by atoms with Gasteiger partial charge >= 0.3 is 6.03 Å². The molecule has 2 aromatic carbocycles. The van der Waals surface area contributed by atoms with Crippen LogP contribution in [0.15, 0.2) is 60.8 Å². The Balaban J connectivity index is 1.18. The van der Waals surface area contributed by atoms with Crippen LogP contribution in [0.1, 0.15) is 16.7 Å². The van der Waals surface area contributed by atoms with E-state index in [9.17, 15) is 4.79 Å². The van der Waals surface area contributed by atoms with Gasteiger partial charge in [-0.2, -0.15) is 4.98 Å². The van der Waals surface area contributed by atoms with Crippen LogP contribution in [-0.4, -0.2) is 64.0 Å². The molecule has 2 aromatic heterocycles. The fourth-order valence-electron chi connectivity index (χ4n) is 4.87. The van der Waals surface area contributed by atoms with Gasteiger partial charge in [0.1, 0.15) is 5.82 Å². The molecule has 6 rings (SSSR count). The Morgan fingerprint density at radius 2 is 1.68 bits per heavy atom. The van der Waals surface area contributed by atoms with Gasteiger partial charge in [-0.25, -0.2) is 14.8 Å². The predicted octanol–water partition coefficient (Wildman–Crippen LogP) is 4.05. The van der Waals surface area contributed by atoms with Crippen LogP contribution in [-0.2, 0) is 13.1 Å². The van der Waals surface area contributed by atoms with Crippen molar-refractivity contribution in [2.45, 2.75) is 13.1 Å². The van der Waals surface area contributed by atoms with E-state index in [0.717, 1.165) is 43.0 Å². The van der Waals surface area contributed by atoms with E-state index in [1.807, 2.05) is 36.4 Å². The van der Waals surface area contributed by atoms with E-state index < -0.39 is 0 Å². The summed E-state index contributed by atoms with van der Waals surface area (Å²) in [6.07, 6.45) is 7.42. The Labute approximate surface area is 221 Å². The predicted molar refractivity (Wildman–Crippen MR) is 149 cm³/mol. The quantitative estimate of drug-likeness (QED) is 0.405. The summed E-state index contributed by atoms with van der Waals surface area (Å²) in [5, 5.41) is 6.78. The maximum Gasteiger partial charge on any atom is 0.323 e. The number of fused-ring (bicyclic) bond motifs is 2. The van der Waals surface area contributed by atoms with Gasteiger partial charge in [0.05, 0.1) is 5.39 Å². The van der Waals surface area contributed by atoms with Crippen molar-refractivity contribution in [1.29, 1.82) is 0 Å². The third kappa shape index (κ3) is 4.82. The van der Waals surface area contributed by atoms with Crippen molar-refractivity contribution in [1.82, 2.24) is 24.8 Å². The molecule has 4 heterocycles. The lowest BCUT2D eigenvalue weighted by atomic mass is 10.1. The third-order valence-corrected chi connectivity index (χ3v) is 7.08. The van der Waals surface area contributed by atoms with E-state index in [2.05, 4.69) is 60.5 Å². The number of hydrogen-bond donors (Lipinski definition) is 2. The van der Waals surface area contributed by atoms with Crippen LogP contribution in [0, 0.1) is 12.3 Å². The Hall–Kier alpha value is -4.68. The lowest BCUT2D eigenvalue weighted by Crippen LogP contribution is -2.44. The zero-order chi connectivity index (χ0) is 26.1. The Bertz CT molecular complexity index is 1510. The van der Waals surface area contributed by atoms with Crippen LogP contribution in [0.4, 0.5) is 27.9 Å². The molecule has 38 heavy (non-hydrogen) atoms. The summed E-state index contributed by atoms with van der Waals surface area (Å²) in [7, 11) is 2.15. The summed E-state index contributed by atoms with van der Waals surface area (Å²) in [6.45, 7) is 5.27. The second kappa shape index (κ2) is 10.00. The maximum atomic E-state index is 13.0. The van der Waals surface area contributed by atoms with Gasteiger partial charge in [0.25, 0.3) is 0 Å². The van der Waals surface area contributed by atoms with E-state index in [4.69, 9.17) is 6.42 Å². The number of anilines is 4. The van der Waals surface area contributed by atoms with Gasteiger partial charge < -0.3 is 20.0 Å². The molecule has 0 unspecified atom stereocenters. The molecular weight excluding hydrogens is 476 g/mol. The van der Waals surface area contributed by atoms with Crippen molar-refractivity contribution in [2.75, 3.05) is 48.8 Å². The van der Waals surface area contributed by atoms with Crippen molar-refractivity contribution in [3.63, 3.8) is 0 Å². The molecule has 2 amide bonds. The van der Waals surface area contributed by atoms with Crippen LogP contribution >= 0.6 is 0 Å². The Morgan fingerprint density at radius 3 is 2.37 bits per heavy atom. The lowest BCUT2D eigenvalue weighted by Gasteiger charge is -2.34. The number of pyridine rings is 1. The minimum atomic E-state index is -0.233. The van der Waals surface area contributed by atoms with E-state index in [1.165, 1.54) is 5.69 Å². The Kier molecular flexibility index (Phi) is 6.23. The molecule has 0 atom stereocenters. The van der Waals surface area contributed by atoms with Crippen molar-refractivity contribution in [2.24, 2.45) is 0 Å². The zero-order valence-corrected chi connectivity index (χ0v) is 21.2. The molecule has 0 bridgehead atoms. The summed E-state index contributed by atoms with van der Waals surface area (Å²) in [5.41, 5.74) is 5.35. The number of benzene rings is 2. The molecule has 4 aromatic rings. The average Bonchev–Trinajstić information content (AvgIpc) is 3.38. The standard InChI is InChI=1S/C29H28N8O/c1-3-20-16-26(33-29(38)37-18-21-6-4-5-7-22(21)19-37)32-27-25(20)17-30-28(34-27)31-23-8-10-24(11-9-23)36-14-12-35(2)13-15-36/h1,4-11,16-17H,12-15,18-19H2,2H3,(H2,30,31,32,33,34,38). The molecule has 9 nitrogen and oxygen atoms in total. The number of piperazine rings is 1. The first-order valence-corrected chi connectivity index (χ1v) is 12.6. The monoisotopic (exact) mass is 504 g/mol. The number of urea groups is 1. The topological polar surface area (TPSA) is 89.5 Å². The van der Waals surface area contributed by atoms with Crippen LogP contribution in [0.3, 0.4) is 0 Å². The molecule has 2 aliphatic heterocycles. The third-order valence-electron chi connectivity index (χ3n) is 7.08. The smallest absolute Gasteiger partial charge is 0.323 e. The first-order chi connectivity index (χ1) is 18.6. The number of amides is 2. The average molecular weight is 505 g/mol. The van der Waals surface area contributed by atoms with E-state index >= 15 is 0 Å². The number of rotatable bonds is 4. The molecule has 0 saturated carbocycles. The summed E-state index contributed by atoms with van der Waals surface area (Å²) < 4.78 is 0. The molecule has 0 aliphatic carbocycles. The molecule has 190 valence electrons. The largest absolute Gasteiger partial charge is 0.369 e. The van der Waals surface area contributed by atoms with E-state index in [1.54, 1.807) is 17.2 Å². The molecule has 0 radical (unpaired) electrons. The van der Waals surface area contributed by atoms with Gasteiger partial charge in [-0.05, 0) is 48.5 Å². The highest BCUT2D eigenvalue weighted by Gasteiger charge is 2.23. The summed E-state index contributed by atoms with van der Waals surface area (Å²) in [4.78, 5) is 33.0. The second-order valence-electron chi connectivity index (χ2n) is 9.65. The molecular formula is C29H28N8O. The second-order valence-corrected chi connectivity index (χ2v) is 9.65. The minimum absolute atomic E-state index is 0.233. The van der Waals surface area contributed by atoms with Gasteiger partial charge in [-0.1, -0.05) is 30.2 Å². The highest BCUT2D eigenvalue weighted by molar-refractivity contribution is 5.92. The summed E-state index contributed by atoms with van der Waals surface area (Å²) in [6, 6.07) is 17.7. The zero-order valence-electron chi connectivity index (χ0n) is 21.2. The lowest BCUT2D eigenvalue weighted by molar-refractivity contribution is 0.212. The minimum Gasteiger partial charge on any atom is -0.369 e. The van der Waals surface area contributed by atoms with Crippen molar-refractivity contribution in [3.8, 4) is 12.3 Å². The fourth-order valence-corrected chi connectivity index (χ4v) is 4.87. The molecule has 2 N–H and O–H groups in total. The fraction of sp³-hybridized carbons (Fsp3) is 0.241. The highest BCUT2D eigenvalue weighted by Crippen LogP contribution is 2.25. The number of hydrogen-bond acceptors (Lipinski definition) is 7. The Morgan fingerprint density at radius 1 is 0.974 bits per heavy atom. The van der Waals surface area contributed by atoms with Gasteiger partial charge in [-0.3, -0.25) is 5.32 Å². The van der Waals surface area contributed by atoms with Crippen LogP contribution < -0.4 is 15.5 Å². The molecule has 2 aliphatic rings. The van der Waals surface area contributed by atoms with Gasteiger partial charge in [0.15, 0.2) is 5.65 Å². The number of terminal acetylenes is 1. The number of likely N-dealkylation sites (N-methyl/N-ethyl adjacent to an activating group) is 1. The SMILES string of the molecule is C#Cc1cc(NC(=O)N2Cc3ccccc3C2)nc2nc(Nc3ccc(N4CCN(C)CC4)cc3)ncc12. The molecule has 9 heteroatoms. The summed E-state index contributed by atoms with van der Waals surface area (Å²) in [5.74, 6) is 3.42. The normalized spacial score (nSPS) is 15.3. The van der Waals surface area contributed by atoms with Crippen molar-refractivity contribution < 1.29 is 4.79 Å². The van der Waals surface area contributed by atoms with Gasteiger partial charge in [-0.15, -0.1) is 6.42 Å². The van der Waals surface area contributed by atoms with Crippen LogP contribution in [0.2, 0.25) is 0 Å². The number of nitrogens with zero attached hydrogens (tertiary/aromatic N) is 6. The van der Waals surface area contributed by atoms with Crippen molar-refractivity contribution in [3.05, 3.63) is 77.5 Å². The molecule has 0 spiro atoms. The highest BCUT2D eigenvalue weighted by atomic mass is 16.2. The first-order valence-electron chi connectivity index (χ1n) is 12.6. The van der Waals surface area contributed by atoms with Gasteiger partial charge in [0.2, 0.25) is 5.95 Å². The van der Waals surface area contributed by atoms with Crippen LogP contribution in [0.25, 0.3) is 11.0 Å². The number of aromatic nitrogens is 3. The maximum absolute atomic E-state index is 13.0. The molecule has 1 saturated heterocycles. The molecule has 1 fully saturated rings. The first kappa shape index (κ1) is 23.7. The number of carbonyl (C=O) groups excluding carboxylic acids is 1. The number of nitrogens with one attached hydrogen (secondary N) is 2. The summed E-state index contributed by atoms with van der Waals surface area (Å²) >= 11 is 0. The van der Waals surface area contributed by atoms with E-state index in [-0.39, 0.29) is 6.03 Å². The number of carbonyl (C=O) groups is 1. The van der Waals surface area contributed by atoms with E-state index in [0.29, 0.717) is 41.5 Å². The van der Waals surface area contributed by atoms with Crippen LogP contribution in [0.5, 0.6) is 0 Å².